The minimum absolute atomic E-state index is 0.678. The molecule has 0 aliphatic rings. The van der Waals surface area contributed by atoms with Crippen LogP contribution in [0.3, 0.4) is 0 Å². The average Bonchev–Trinajstić information content (AvgIpc) is 3.05. The lowest BCUT2D eigenvalue weighted by Gasteiger charge is -2.06. The summed E-state index contributed by atoms with van der Waals surface area (Å²) in [4.78, 5) is 15.0. The second-order valence-electron chi connectivity index (χ2n) is 4.37. The predicted octanol–water partition coefficient (Wildman–Crippen LogP) is 2.11. The van der Waals surface area contributed by atoms with Gasteiger partial charge in [0.05, 0.1) is 6.54 Å². The van der Waals surface area contributed by atoms with Crippen LogP contribution in [0.15, 0.2) is 36.8 Å². The van der Waals surface area contributed by atoms with E-state index < -0.39 is 0 Å². The number of hydrogen-bond donors (Lipinski definition) is 0. The molecular weight excluding hydrogens is 240 g/mol. The molecule has 0 atom stereocenters. The Kier molecular flexibility index (Phi) is 2.87. The molecule has 0 saturated heterocycles. The van der Waals surface area contributed by atoms with Crippen LogP contribution in [0.25, 0.3) is 10.9 Å². The van der Waals surface area contributed by atoms with E-state index in [1.807, 2.05) is 42.1 Å². The van der Waals surface area contributed by atoms with E-state index in [1.54, 1.807) is 6.33 Å². The summed E-state index contributed by atoms with van der Waals surface area (Å²) in [5.41, 5.74) is 1.79. The zero-order valence-corrected chi connectivity index (χ0v) is 10.7. The van der Waals surface area contributed by atoms with Crippen molar-refractivity contribution in [1.29, 1.82) is 0 Å². The van der Waals surface area contributed by atoms with E-state index in [0.717, 1.165) is 29.6 Å². The highest BCUT2D eigenvalue weighted by molar-refractivity contribution is 5.87. The van der Waals surface area contributed by atoms with Gasteiger partial charge in [0.2, 0.25) is 0 Å². The number of rotatable bonds is 4. The third-order valence-electron chi connectivity index (χ3n) is 3.24. The number of nitrogens with zero attached hydrogens (tertiary/aromatic N) is 4. The van der Waals surface area contributed by atoms with Gasteiger partial charge in [-0.15, -0.1) is 0 Å². The SMILES string of the molecule is CCn1ncnc1Cn1ccc2cc(C=O)ccc21. The second-order valence-corrected chi connectivity index (χ2v) is 4.37. The molecule has 2 aromatic heterocycles. The van der Waals surface area contributed by atoms with Crippen molar-refractivity contribution < 1.29 is 4.79 Å². The fourth-order valence-corrected chi connectivity index (χ4v) is 2.26. The van der Waals surface area contributed by atoms with Crippen LogP contribution in [0.4, 0.5) is 0 Å². The summed E-state index contributed by atoms with van der Waals surface area (Å²) in [6.07, 6.45) is 4.45. The van der Waals surface area contributed by atoms with Crippen molar-refractivity contribution >= 4 is 17.2 Å². The molecule has 5 nitrogen and oxygen atoms in total. The summed E-state index contributed by atoms with van der Waals surface area (Å²) in [5.74, 6) is 0.930. The summed E-state index contributed by atoms with van der Waals surface area (Å²) < 4.78 is 3.99. The Bertz CT molecular complexity index is 726. The van der Waals surface area contributed by atoms with Gasteiger partial charge in [-0.05, 0) is 31.2 Å². The van der Waals surface area contributed by atoms with Crippen LogP contribution < -0.4 is 0 Å². The number of aldehydes is 1. The average molecular weight is 254 g/mol. The van der Waals surface area contributed by atoms with Crippen molar-refractivity contribution in [3.63, 3.8) is 0 Å². The Labute approximate surface area is 110 Å². The summed E-state index contributed by atoms with van der Waals surface area (Å²) in [6, 6.07) is 7.69. The van der Waals surface area contributed by atoms with E-state index in [-0.39, 0.29) is 0 Å². The summed E-state index contributed by atoms with van der Waals surface area (Å²) in [6.45, 7) is 3.53. The molecule has 0 unspecified atom stereocenters. The largest absolute Gasteiger partial charge is 0.340 e. The fourth-order valence-electron chi connectivity index (χ4n) is 2.26. The number of aryl methyl sites for hydroxylation is 1. The van der Waals surface area contributed by atoms with Crippen LogP contribution in [-0.4, -0.2) is 25.6 Å². The van der Waals surface area contributed by atoms with E-state index in [0.29, 0.717) is 12.1 Å². The minimum Gasteiger partial charge on any atom is -0.340 e. The van der Waals surface area contributed by atoms with E-state index in [4.69, 9.17) is 0 Å². The second kappa shape index (κ2) is 4.68. The van der Waals surface area contributed by atoms with Gasteiger partial charge in [0, 0.05) is 29.2 Å². The number of carbonyl (C=O) groups excluding carboxylic acids is 1. The first-order chi connectivity index (χ1) is 9.31. The highest BCUT2D eigenvalue weighted by Crippen LogP contribution is 2.18. The molecule has 96 valence electrons. The molecule has 0 N–H and O–H groups in total. The molecule has 0 amide bonds. The first-order valence-electron chi connectivity index (χ1n) is 6.22. The van der Waals surface area contributed by atoms with Gasteiger partial charge in [-0.25, -0.2) is 9.67 Å². The summed E-state index contributed by atoms with van der Waals surface area (Å²) in [7, 11) is 0. The first kappa shape index (κ1) is 11.6. The van der Waals surface area contributed by atoms with E-state index >= 15 is 0 Å². The predicted molar refractivity (Wildman–Crippen MR) is 72.1 cm³/mol. The summed E-state index contributed by atoms with van der Waals surface area (Å²) in [5, 5.41) is 5.23. The number of hydrogen-bond acceptors (Lipinski definition) is 3. The van der Waals surface area contributed by atoms with Crippen LogP contribution in [0.2, 0.25) is 0 Å². The van der Waals surface area contributed by atoms with Gasteiger partial charge in [-0.3, -0.25) is 4.79 Å². The molecule has 2 heterocycles. The van der Waals surface area contributed by atoms with Crippen molar-refractivity contribution in [3.8, 4) is 0 Å². The molecule has 0 spiro atoms. The summed E-state index contributed by atoms with van der Waals surface area (Å²) >= 11 is 0. The van der Waals surface area contributed by atoms with Crippen molar-refractivity contribution in [2.24, 2.45) is 0 Å². The van der Waals surface area contributed by atoms with Crippen molar-refractivity contribution in [2.75, 3.05) is 0 Å². The molecule has 5 heteroatoms. The highest BCUT2D eigenvalue weighted by atomic mass is 16.1. The first-order valence-corrected chi connectivity index (χ1v) is 6.22. The highest BCUT2D eigenvalue weighted by Gasteiger charge is 2.07. The molecule has 19 heavy (non-hydrogen) atoms. The Balaban J connectivity index is 1.99. The molecule has 3 rings (SSSR count). The van der Waals surface area contributed by atoms with E-state index in [2.05, 4.69) is 14.6 Å². The normalized spacial score (nSPS) is 11.0. The fraction of sp³-hybridized carbons (Fsp3) is 0.214. The number of carbonyl (C=O) groups is 1. The van der Waals surface area contributed by atoms with Crippen LogP contribution >= 0.6 is 0 Å². The topological polar surface area (TPSA) is 52.7 Å². The number of fused-ring (bicyclic) bond motifs is 1. The zero-order valence-electron chi connectivity index (χ0n) is 10.7. The van der Waals surface area contributed by atoms with Crippen molar-refractivity contribution in [1.82, 2.24) is 19.3 Å². The van der Waals surface area contributed by atoms with Gasteiger partial charge in [0.1, 0.15) is 18.4 Å². The molecular formula is C14H14N4O. The third-order valence-corrected chi connectivity index (χ3v) is 3.24. The van der Waals surface area contributed by atoms with Crippen molar-refractivity contribution in [3.05, 3.63) is 48.2 Å². The quantitative estimate of drug-likeness (QED) is 0.670. The molecule has 0 aliphatic heterocycles. The van der Waals surface area contributed by atoms with Gasteiger partial charge >= 0.3 is 0 Å². The van der Waals surface area contributed by atoms with Gasteiger partial charge in [0.15, 0.2) is 0 Å². The molecule has 3 aromatic rings. The lowest BCUT2D eigenvalue weighted by molar-refractivity contribution is 0.112. The van der Waals surface area contributed by atoms with E-state index in [1.165, 1.54) is 0 Å². The maximum absolute atomic E-state index is 10.8. The smallest absolute Gasteiger partial charge is 0.150 e. The molecule has 1 aromatic carbocycles. The van der Waals surface area contributed by atoms with Crippen LogP contribution in [0.1, 0.15) is 23.1 Å². The van der Waals surface area contributed by atoms with Crippen LogP contribution in [0, 0.1) is 0 Å². The van der Waals surface area contributed by atoms with E-state index in [9.17, 15) is 4.79 Å². The Hall–Kier alpha value is -2.43. The molecule has 0 fully saturated rings. The molecule has 0 saturated carbocycles. The van der Waals surface area contributed by atoms with Crippen LogP contribution in [0.5, 0.6) is 0 Å². The minimum atomic E-state index is 0.678. The zero-order chi connectivity index (χ0) is 13.2. The molecule has 0 aliphatic carbocycles. The third kappa shape index (κ3) is 2.03. The van der Waals surface area contributed by atoms with Gasteiger partial charge in [0.25, 0.3) is 0 Å². The standard InChI is InChI=1S/C14H14N4O/c1-2-18-14(15-10-16-18)8-17-6-5-12-7-11(9-19)3-4-13(12)17/h3-7,9-10H,2,8H2,1H3. The maximum atomic E-state index is 10.8. The lowest BCUT2D eigenvalue weighted by Crippen LogP contribution is -2.08. The number of benzene rings is 1. The van der Waals surface area contributed by atoms with Gasteiger partial charge in [-0.1, -0.05) is 0 Å². The van der Waals surface area contributed by atoms with Crippen molar-refractivity contribution in [2.45, 2.75) is 20.0 Å². The Morgan fingerprint density at radius 1 is 1.32 bits per heavy atom. The molecule has 0 bridgehead atoms. The van der Waals surface area contributed by atoms with Crippen LogP contribution in [-0.2, 0) is 13.1 Å². The van der Waals surface area contributed by atoms with Gasteiger partial charge in [-0.2, -0.15) is 5.10 Å². The monoisotopic (exact) mass is 254 g/mol. The maximum Gasteiger partial charge on any atom is 0.150 e. The lowest BCUT2D eigenvalue weighted by atomic mass is 10.2. The Morgan fingerprint density at radius 3 is 3.00 bits per heavy atom. The molecule has 0 radical (unpaired) electrons. The number of aromatic nitrogens is 4. The Morgan fingerprint density at radius 2 is 2.21 bits per heavy atom. The van der Waals surface area contributed by atoms with Gasteiger partial charge < -0.3 is 4.57 Å².